The van der Waals surface area contributed by atoms with E-state index in [1.807, 2.05) is 5.38 Å². The fourth-order valence-electron chi connectivity index (χ4n) is 2.79. The standard InChI is InChI=1S/C21H26N2O3S/c1-2-3-4-5-6-15-7-9-16(10-8-15)18-14-27-21(22-18)23-19(24)13-26-20(25)17-11-12-17/h7-10,14,17H,2-6,11-13H2,1H3,(H,22,23,24). The van der Waals surface area contributed by atoms with Crippen molar-refractivity contribution in [2.45, 2.75) is 51.9 Å². The Morgan fingerprint density at radius 1 is 1.19 bits per heavy atom. The summed E-state index contributed by atoms with van der Waals surface area (Å²) in [4.78, 5) is 27.8. The van der Waals surface area contributed by atoms with Crippen molar-refractivity contribution in [3.63, 3.8) is 0 Å². The van der Waals surface area contributed by atoms with Gasteiger partial charge in [0.15, 0.2) is 11.7 Å². The summed E-state index contributed by atoms with van der Waals surface area (Å²) >= 11 is 1.37. The number of hydrogen-bond donors (Lipinski definition) is 1. The van der Waals surface area contributed by atoms with Crippen molar-refractivity contribution < 1.29 is 14.3 Å². The van der Waals surface area contributed by atoms with Gasteiger partial charge in [-0.2, -0.15) is 0 Å². The van der Waals surface area contributed by atoms with Crippen molar-refractivity contribution in [2.75, 3.05) is 11.9 Å². The molecule has 1 aromatic heterocycles. The number of esters is 1. The first-order chi connectivity index (χ1) is 13.2. The van der Waals surface area contributed by atoms with Crippen molar-refractivity contribution in [1.29, 1.82) is 0 Å². The molecule has 2 aromatic rings. The molecule has 1 aromatic carbocycles. The van der Waals surface area contributed by atoms with Crippen LogP contribution in [-0.2, 0) is 20.7 Å². The largest absolute Gasteiger partial charge is 0.455 e. The summed E-state index contributed by atoms with van der Waals surface area (Å²) in [5.41, 5.74) is 3.21. The zero-order valence-electron chi connectivity index (χ0n) is 15.7. The predicted molar refractivity (Wildman–Crippen MR) is 108 cm³/mol. The van der Waals surface area contributed by atoms with E-state index < -0.39 is 0 Å². The van der Waals surface area contributed by atoms with E-state index in [0.717, 1.165) is 30.5 Å². The lowest BCUT2D eigenvalue weighted by Crippen LogP contribution is -2.21. The molecule has 1 aliphatic carbocycles. The highest BCUT2D eigenvalue weighted by atomic mass is 32.1. The first-order valence-corrected chi connectivity index (χ1v) is 10.5. The Hall–Kier alpha value is -2.21. The van der Waals surface area contributed by atoms with Gasteiger partial charge in [-0.05, 0) is 31.2 Å². The quantitative estimate of drug-likeness (QED) is 0.469. The van der Waals surface area contributed by atoms with Gasteiger partial charge in [0.25, 0.3) is 5.91 Å². The Bertz CT molecular complexity index is 766. The lowest BCUT2D eigenvalue weighted by molar-refractivity contribution is -0.148. The molecule has 1 heterocycles. The minimum Gasteiger partial charge on any atom is -0.455 e. The molecule has 0 bridgehead atoms. The van der Waals surface area contributed by atoms with Crippen LogP contribution >= 0.6 is 11.3 Å². The van der Waals surface area contributed by atoms with Gasteiger partial charge in [-0.25, -0.2) is 4.98 Å². The third kappa shape index (κ3) is 6.17. The summed E-state index contributed by atoms with van der Waals surface area (Å²) in [5.74, 6) is -0.633. The number of nitrogens with zero attached hydrogens (tertiary/aromatic N) is 1. The fourth-order valence-corrected chi connectivity index (χ4v) is 3.53. The lowest BCUT2D eigenvalue weighted by atomic mass is 10.0. The summed E-state index contributed by atoms with van der Waals surface area (Å²) in [6.07, 6.45) is 7.91. The molecule has 5 nitrogen and oxygen atoms in total. The van der Waals surface area contributed by atoms with E-state index in [1.165, 1.54) is 42.6 Å². The number of carbonyl (C=O) groups is 2. The molecule has 27 heavy (non-hydrogen) atoms. The Morgan fingerprint density at radius 3 is 2.67 bits per heavy atom. The minimum absolute atomic E-state index is 0.00104. The number of hydrogen-bond acceptors (Lipinski definition) is 5. The van der Waals surface area contributed by atoms with Gasteiger partial charge in [-0.3, -0.25) is 14.9 Å². The number of aromatic nitrogens is 1. The van der Waals surface area contributed by atoms with Crippen LogP contribution in [0.25, 0.3) is 11.3 Å². The summed E-state index contributed by atoms with van der Waals surface area (Å²) in [6, 6.07) is 8.45. The van der Waals surface area contributed by atoms with Crippen molar-refractivity contribution >= 4 is 28.3 Å². The molecule has 0 atom stereocenters. The predicted octanol–water partition coefficient (Wildman–Crippen LogP) is 4.82. The van der Waals surface area contributed by atoms with Crippen molar-refractivity contribution in [3.05, 3.63) is 35.2 Å². The Balaban J connectivity index is 1.47. The molecule has 3 rings (SSSR count). The Labute approximate surface area is 164 Å². The van der Waals surface area contributed by atoms with Crippen LogP contribution in [0, 0.1) is 5.92 Å². The van der Waals surface area contributed by atoms with Gasteiger partial charge in [-0.1, -0.05) is 50.5 Å². The van der Waals surface area contributed by atoms with Gasteiger partial charge < -0.3 is 4.74 Å². The van der Waals surface area contributed by atoms with Crippen LogP contribution in [0.2, 0.25) is 0 Å². The van der Waals surface area contributed by atoms with E-state index in [-0.39, 0.29) is 24.4 Å². The van der Waals surface area contributed by atoms with E-state index in [2.05, 4.69) is 41.5 Å². The molecule has 1 N–H and O–H groups in total. The monoisotopic (exact) mass is 386 g/mol. The SMILES string of the molecule is CCCCCCc1ccc(-c2csc(NC(=O)COC(=O)C3CC3)n2)cc1. The maximum Gasteiger partial charge on any atom is 0.309 e. The number of unbranched alkanes of at least 4 members (excludes halogenated alkanes) is 3. The second-order valence-corrected chi connectivity index (χ2v) is 7.83. The normalized spacial score (nSPS) is 13.4. The van der Waals surface area contributed by atoms with Crippen LogP contribution in [-0.4, -0.2) is 23.5 Å². The second-order valence-electron chi connectivity index (χ2n) is 6.98. The van der Waals surface area contributed by atoms with Gasteiger partial charge in [0.1, 0.15) is 0 Å². The number of thiazole rings is 1. The van der Waals surface area contributed by atoms with Crippen LogP contribution in [0.5, 0.6) is 0 Å². The third-order valence-corrected chi connectivity index (χ3v) is 5.33. The fraction of sp³-hybridized carbons (Fsp3) is 0.476. The van der Waals surface area contributed by atoms with E-state index >= 15 is 0 Å². The third-order valence-electron chi connectivity index (χ3n) is 4.58. The molecule has 0 radical (unpaired) electrons. The van der Waals surface area contributed by atoms with E-state index in [4.69, 9.17) is 4.74 Å². The van der Waals surface area contributed by atoms with Crippen LogP contribution in [0.3, 0.4) is 0 Å². The van der Waals surface area contributed by atoms with Crippen LogP contribution in [0.4, 0.5) is 5.13 Å². The average Bonchev–Trinajstić information content (AvgIpc) is 3.43. The van der Waals surface area contributed by atoms with Gasteiger partial charge in [-0.15, -0.1) is 11.3 Å². The maximum atomic E-state index is 11.9. The smallest absolute Gasteiger partial charge is 0.309 e. The van der Waals surface area contributed by atoms with Crippen LogP contribution in [0.1, 0.15) is 51.0 Å². The first-order valence-electron chi connectivity index (χ1n) is 9.67. The van der Waals surface area contributed by atoms with Gasteiger partial charge >= 0.3 is 5.97 Å². The molecule has 0 aliphatic heterocycles. The van der Waals surface area contributed by atoms with Gasteiger partial charge in [0.05, 0.1) is 11.6 Å². The van der Waals surface area contributed by atoms with E-state index in [1.54, 1.807) is 0 Å². The average molecular weight is 387 g/mol. The Morgan fingerprint density at radius 2 is 1.96 bits per heavy atom. The van der Waals surface area contributed by atoms with E-state index in [9.17, 15) is 9.59 Å². The number of anilines is 1. The topological polar surface area (TPSA) is 68.3 Å². The number of carbonyl (C=O) groups excluding carboxylic acids is 2. The van der Waals surface area contributed by atoms with Crippen molar-refractivity contribution in [3.8, 4) is 11.3 Å². The Kier molecular flexibility index (Phi) is 6.98. The molecule has 1 amide bonds. The summed E-state index contributed by atoms with van der Waals surface area (Å²) < 4.78 is 4.98. The highest BCUT2D eigenvalue weighted by Crippen LogP contribution is 2.30. The number of nitrogens with one attached hydrogen (secondary N) is 1. The zero-order valence-corrected chi connectivity index (χ0v) is 16.5. The second kappa shape index (κ2) is 9.65. The van der Waals surface area contributed by atoms with Crippen molar-refractivity contribution in [2.24, 2.45) is 5.92 Å². The maximum absolute atomic E-state index is 11.9. The van der Waals surface area contributed by atoms with Crippen molar-refractivity contribution in [1.82, 2.24) is 4.98 Å². The molecule has 6 heteroatoms. The molecule has 0 spiro atoms. The molecular formula is C21H26N2O3S. The number of aryl methyl sites for hydroxylation is 1. The van der Waals surface area contributed by atoms with Gasteiger partial charge in [0.2, 0.25) is 0 Å². The van der Waals surface area contributed by atoms with Gasteiger partial charge in [0, 0.05) is 10.9 Å². The minimum atomic E-state index is -0.354. The summed E-state index contributed by atoms with van der Waals surface area (Å²) in [5, 5.41) is 5.12. The lowest BCUT2D eigenvalue weighted by Gasteiger charge is -2.04. The first kappa shape index (κ1) is 19.5. The molecule has 1 saturated carbocycles. The molecule has 144 valence electrons. The number of rotatable bonds is 10. The highest BCUT2D eigenvalue weighted by Gasteiger charge is 2.31. The number of benzene rings is 1. The summed E-state index contributed by atoms with van der Waals surface area (Å²) in [6.45, 7) is 1.97. The molecule has 1 fully saturated rings. The molecular weight excluding hydrogens is 360 g/mol. The zero-order chi connectivity index (χ0) is 19.1. The number of amides is 1. The number of ether oxygens (including phenoxy) is 1. The van der Waals surface area contributed by atoms with Crippen LogP contribution < -0.4 is 5.32 Å². The molecule has 1 aliphatic rings. The van der Waals surface area contributed by atoms with Crippen LogP contribution in [0.15, 0.2) is 29.6 Å². The summed E-state index contributed by atoms with van der Waals surface area (Å²) in [7, 11) is 0. The highest BCUT2D eigenvalue weighted by molar-refractivity contribution is 7.14. The van der Waals surface area contributed by atoms with E-state index in [0.29, 0.717) is 5.13 Å². The molecule has 0 saturated heterocycles. The molecule has 0 unspecified atom stereocenters.